The molecule has 2 rings (SSSR count). The van der Waals surface area contributed by atoms with Crippen molar-refractivity contribution in [2.24, 2.45) is 0 Å². The summed E-state index contributed by atoms with van der Waals surface area (Å²) in [7, 11) is 1.68. The van der Waals surface area contributed by atoms with E-state index >= 15 is 0 Å². The smallest absolute Gasteiger partial charge is 0.238 e. The number of ether oxygens (including phenoxy) is 1. The summed E-state index contributed by atoms with van der Waals surface area (Å²) in [4.78, 5) is 14.0. The van der Waals surface area contributed by atoms with E-state index < -0.39 is 0 Å². The lowest BCUT2D eigenvalue weighted by atomic mass is 10.2. The molecule has 0 bridgehead atoms. The maximum absolute atomic E-state index is 13.4. The van der Waals surface area contributed by atoms with Crippen molar-refractivity contribution in [3.05, 3.63) is 29.6 Å². The molecule has 0 saturated carbocycles. The van der Waals surface area contributed by atoms with Crippen LogP contribution in [0.4, 0.5) is 10.1 Å². The van der Waals surface area contributed by atoms with E-state index in [-0.39, 0.29) is 17.8 Å². The van der Waals surface area contributed by atoms with Crippen LogP contribution in [0.5, 0.6) is 0 Å². The number of hydrogen-bond donors (Lipinski definition) is 1. The van der Waals surface area contributed by atoms with E-state index in [1.165, 1.54) is 6.07 Å². The Labute approximate surface area is 112 Å². The maximum Gasteiger partial charge on any atom is 0.238 e. The van der Waals surface area contributed by atoms with Crippen molar-refractivity contribution in [2.45, 2.75) is 19.4 Å². The highest BCUT2D eigenvalue weighted by Crippen LogP contribution is 2.18. The van der Waals surface area contributed by atoms with Gasteiger partial charge in [0.05, 0.1) is 12.6 Å². The number of nitrogens with one attached hydrogen (secondary N) is 1. The van der Waals surface area contributed by atoms with Crippen molar-refractivity contribution in [3.63, 3.8) is 0 Å². The third-order valence-corrected chi connectivity index (χ3v) is 3.47. The van der Waals surface area contributed by atoms with Crippen LogP contribution in [0, 0.1) is 12.7 Å². The standard InChI is InChI=1S/C14H19FN2O2/c1-10-12(15)4-3-5-13(10)16-14(18)9-17-7-6-11(8-17)19-2/h3-5,11H,6-9H2,1-2H3,(H,16,18). The minimum atomic E-state index is -0.307. The summed E-state index contributed by atoms with van der Waals surface area (Å²) in [5.74, 6) is -0.427. The number of carbonyl (C=O) groups is 1. The predicted molar refractivity (Wildman–Crippen MR) is 71.6 cm³/mol. The predicted octanol–water partition coefficient (Wildman–Crippen LogP) is 1.79. The number of rotatable bonds is 4. The molecule has 1 N–H and O–H groups in total. The third-order valence-electron chi connectivity index (χ3n) is 3.47. The van der Waals surface area contributed by atoms with Gasteiger partial charge >= 0.3 is 0 Å². The first-order chi connectivity index (χ1) is 9.10. The first kappa shape index (κ1) is 14.0. The minimum absolute atomic E-state index is 0.120. The lowest BCUT2D eigenvalue weighted by Gasteiger charge is -2.16. The zero-order valence-corrected chi connectivity index (χ0v) is 11.3. The van der Waals surface area contributed by atoms with Crippen LogP contribution in [0.25, 0.3) is 0 Å². The largest absolute Gasteiger partial charge is 0.380 e. The highest BCUT2D eigenvalue weighted by Gasteiger charge is 2.23. The first-order valence-corrected chi connectivity index (χ1v) is 6.40. The SMILES string of the molecule is COC1CCN(CC(=O)Nc2cccc(F)c2C)C1. The molecule has 1 saturated heterocycles. The Bertz CT molecular complexity index is 465. The van der Waals surface area contributed by atoms with Crippen molar-refractivity contribution in [1.29, 1.82) is 0 Å². The molecule has 1 aliphatic heterocycles. The quantitative estimate of drug-likeness (QED) is 0.903. The summed E-state index contributed by atoms with van der Waals surface area (Å²) in [5.41, 5.74) is 1.000. The molecule has 1 aliphatic rings. The average Bonchev–Trinajstić information content (AvgIpc) is 2.82. The van der Waals surface area contributed by atoms with Gasteiger partial charge in [0.15, 0.2) is 0 Å². The molecule has 0 aliphatic carbocycles. The Balaban J connectivity index is 1.89. The molecule has 1 unspecified atom stereocenters. The molecule has 1 fully saturated rings. The average molecular weight is 266 g/mol. The van der Waals surface area contributed by atoms with Crippen molar-refractivity contribution >= 4 is 11.6 Å². The summed E-state index contributed by atoms with van der Waals surface area (Å²) in [5, 5.41) is 2.75. The highest BCUT2D eigenvalue weighted by molar-refractivity contribution is 5.93. The molecule has 1 aromatic carbocycles. The van der Waals surface area contributed by atoms with Crippen LogP contribution in [0.3, 0.4) is 0 Å². The normalized spacial score (nSPS) is 19.6. The molecule has 1 amide bonds. The second-order valence-corrected chi connectivity index (χ2v) is 4.84. The number of likely N-dealkylation sites (tertiary alicyclic amines) is 1. The van der Waals surface area contributed by atoms with Gasteiger partial charge in [-0.15, -0.1) is 0 Å². The van der Waals surface area contributed by atoms with E-state index in [1.807, 2.05) is 4.90 Å². The third kappa shape index (κ3) is 3.52. The van der Waals surface area contributed by atoms with E-state index in [9.17, 15) is 9.18 Å². The monoisotopic (exact) mass is 266 g/mol. The molecule has 1 aromatic rings. The topological polar surface area (TPSA) is 41.6 Å². The number of methoxy groups -OCH3 is 1. The Morgan fingerprint density at radius 2 is 2.37 bits per heavy atom. The van der Waals surface area contributed by atoms with Crippen LogP contribution >= 0.6 is 0 Å². The van der Waals surface area contributed by atoms with Gasteiger partial charge in [-0.2, -0.15) is 0 Å². The molecule has 19 heavy (non-hydrogen) atoms. The number of halogens is 1. The van der Waals surface area contributed by atoms with Crippen molar-refractivity contribution < 1.29 is 13.9 Å². The van der Waals surface area contributed by atoms with Gasteiger partial charge in [-0.05, 0) is 25.5 Å². The number of nitrogens with zero attached hydrogens (tertiary/aromatic N) is 1. The Kier molecular flexibility index (Phi) is 4.50. The van der Waals surface area contributed by atoms with Gasteiger partial charge < -0.3 is 10.1 Å². The minimum Gasteiger partial charge on any atom is -0.380 e. The van der Waals surface area contributed by atoms with Crippen LogP contribution in [0.15, 0.2) is 18.2 Å². The number of carbonyl (C=O) groups excluding carboxylic acids is 1. The van der Waals surface area contributed by atoms with Crippen LogP contribution in [-0.4, -0.2) is 43.7 Å². The molecule has 0 spiro atoms. The Morgan fingerprint density at radius 1 is 1.58 bits per heavy atom. The maximum atomic E-state index is 13.4. The fourth-order valence-corrected chi connectivity index (χ4v) is 2.27. The first-order valence-electron chi connectivity index (χ1n) is 6.40. The number of hydrogen-bond acceptors (Lipinski definition) is 3. The Morgan fingerprint density at radius 3 is 3.05 bits per heavy atom. The van der Waals surface area contributed by atoms with Gasteiger partial charge in [-0.1, -0.05) is 6.07 Å². The van der Waals surface area contributed by atoms with Gasteiger partial charge in [-0.3, -0.25) is 9.69 Å². The summed E-state index contributed by atoms with van der Waals surface area (Å²) in [6, 6.07) is 4.68. The zero-order chi connectivity index (χ0) is 13.8. The number of anilines is 1. The Hall–Kier alpha value is -1.46. The molecule has 4 nitrogen and oxygen atoms in total. The van der Waals surface area contributed by atoms with E-state index in [0.717, 1.165) is 19.5 Å². The fraction of sp³-hybridized carbons (Fsp3) is 0.500. The second kappa shape index (κ2) is 6.12. The summed E-state index contributed by atoms with van der Waals surface area (Å²) in [6.45, 7) is 3.59. The summed E-state index contributed by atoms with van der Waals surface area (Å²) >= 11 is 0. The van der Waals surface area contributed by atoms with Crippen LogP contribution in [0.2, 0.25) is 0 Å². The lowest BCUT2D eigenvalue weighted by Crippen LogP contribution is -2.32. The van der Waals surface area contributed by atoms with Crippen LogP contribution in [0.1, 0.15) is 12.0 Å². The van der Waals surface area contributed by atoms with Crippen molar-refractivity contribution in [3.8, 4) is 0 Å². The van der Waals surface area contributed by atoms with Gasteiger partial charge in [0.2, 0.25) is 5.91 Å². The number of amides is 1. The molecular weight excluding hydrogens is 247 g/mol. The van der Waals surface area contributed by atoms with Gasteiger partial charge in [0, 0.05) is 31.5 Å². The number of benzene rings is 1. The van der Waals surface area contributed by atoms with Gasteiger partial charge in [-0.25, -0.2) is 4.39 Å². The summed E-state index contributed by atoms with van der Waals surface area (Å²) < 4.78 is 18.6. The molecule has 0 aromatic heterocycles. The van der Waals surface area contributed by atoms with E-state index in [2.05, 4.69) is 5.32 Å². The molecule has 5 heteroatoms. The van der Waals surface area contributed by atoms with Crippen LogP contribution < -0.4 is 5.32 Å². The summed E-state index contributed by atoms with van der Waals surface area (Å²) in [6.07, 6.45) is 1.16. The second-order valence-electron chi connectivity index (χ2n) is 4.84. The lowest BCUT2D eigenvalue weighted by molar-refractivity contribution is -0.117. The van der Waals surface area contributed by atoms with Crippen molar-refractivity contribution in [1.82, 2.24) is 4.90 Å². The van der Waals surface area contributed by atoms with Gasteiger partial charge in [0.1, 0.15) is 5.82 Å². The van der Waals surface area contributed by atoms with E-state index in [4.69, 9.17) is 4.74 Å². The molecule has 1 atom stereocenters. The fourth-order valence-electron chi connectivity index (χ4n) is 2.27. The van der Waals surface area contributed by atoms with Crippen molar-refractivity contribution in [2.75, 3.05) is 32.1 Å². The highest BCUT2D eigenvalue weighted by atomic mass is 19.1. The van der Waals surface area contributed by atoms with E-state index in [0.29, 0.717) is 17.8 Å². The molecule has 104 valence electrons. The zero-order valence-electron chi connectivity index (χ0n) is 11.3. The molecular formula is C14H19FN2O2. The van der Waals surface area contributed by atoms with E-state index in [1.54, 1.807) is 26.2 Å². The molecule has 0 radical (unpaired) electrons. The van der Waals surface area contributed by atoms with Gasteiger partial charge in [0.25, 0.3) is 0 Å². The molecule has 1 heterocycles. The van der Waals surface area contributed by atoms with Crippen LogP contribution in [-0.2, 0) is 9.53 Å².